The molecule has 0 saturated heterocycles. The van der Waals surface area contributed by atoms with Crippen LogP contribution < -0.4 is 9.64 Å². The molecule has 25 heavy (non-hydrogen) atoms. The second kappa shape index (κ2) is 6.69. The second-order valence-corrected chi connectivity index (χ2v) is 8.39. The quantitative estimate of drug-likeness (QED) is 0.820. The molecule has 0 atom stereocenters. The molecule has 0 aromatic heterocycles. The van der Waals surface area contributed by atoms with Gasteiger partial charge in [0.25, 0.3) is 5.91 Å². The molecule has 1 aliphatic heterocycles. The standard InChI is InChI=1S/C18H18ClNO4S/c1-24-13-5-8-17-12(10-13)4-3-9-20(17)18(21)15-11-14(25(2,22)23)6-7-16(15)19/h5-8,10-11H,3-4,9H2,1-2H3. The van der Waals surface area contributed by atoms with Gasteiger partial charge in [0.05, 0.1) is 22.6 Å². The molecule has 0 spiro atoms. The molecule has 0 fully saturated rings. The highest BCUT2D eigenvalue weighted by molar-refractivity contribution is 7.90. The fraction of sp³-hybridized carbons (Fsp3) is 0.278. The molecule has 1 heterocycles. The van der Waals surface area contributed by atoms with E-state index in [2.05, 4.69) is 0 Å². The van der Waals surface area contributed by atoms with E-state index in [0.29, 0.717) is 6.54 Å². The van der Waals surface area contributed by atoms with Crippen LogP contribution in [0.25, 0.3) is 0 Å². The van der Waals surface area contributed by atoms with Gasteiger partial charge in [-0.05, 0) is 54.8 Å². The maximum Gasteiger partial charge on any atom is 0.259 e. The third-order valence-electron chi connectivity index (χ3n) is 4.25. The lowest BCUT2D eigenvalue weighted by molar-refractivity contribution is 0.0985. The summed E-state index contributed by atoms with van der Waals surface area (Å²) in [5.74, 6) is 0.437. The van der Waals surface area contributed by atoms with Gasteiger partial charge in [-0.15, -0.1) is 0 Å². The van der Waals surface area contributed by atoms with E-state index >= 15 is 0 Å². The molecule has 0 radical (unpaired) electrons. The van der Waals surface area contributed by atoms with E-state index in [-0.39, 0.29) is 21.4 Å². The number of rotatable bonds is 3. The number of ether oxygens (including phenoxy) is 1. The van der Waals surface area contributed by atoms with E-state index in [4.69, 9.17) is 16.3 Å². The number of benzene rings is 2. The molecule has 2 aromatic carbocycles. The van der Waals surface area contributed by atoms with Crippen molar-refractivity contribution in [1.29, 1.82) is 0 Å². The first kappa shape index (κ1) is 17.8. The van der Waals surface area contributed by atoms with Gasteiger partial charge < -0.3 is 9.64 Å². The summed E-state index contributed by atoms with van der Waals surface area (Å²) < 4.78 is 28.8. The van der Waals surface area contributed by atoms with Crippen molar-refractivity contribution in [2.75, 3.05) is 24.8 Å². The van der Waals surface area contributed by atoms with Gasteiger partial charge in [0, 0.05) is 18.5 Å². The van der Waals surface area contributed by atoms with Crippen molar-refractivity contribution in [2.45, 2.75) is 17.7 Å². The number of halogens is 1. The minimum absolute atomic E-state index is 0.0761. The lowest BCUT2D eigenvalue weighted by Gasteiger charge is -2.30. The summed E-state index contributed by atoms with van der Waals surface area (Å²) in [6.07, 6.45) is 2.77. The SMILES string of the molecule is COc1ccc2c(c1)CCCN2C(=O)c1cc(S(C)(=O)=O)ccc1Cl. The lowest BCUT2D eigenvalue weighted by atomic mass is 10.0. The van der Waals surface area contributed by atoms with Gasteiger partial charge >= 0.3 is 0 Å². The second-order valence-electron chi connectivity index (χ2n) is 5.97. The molecule has 0 N–H and O–H groups in total. The zero-order valence-corrected chi connectivity index (χ0v) is 15.5. The average Bonchev–Trinajstić information content (AvgIpc) is 2.59. The number of sulfone groups is 1. The largest absolute Gasteiger partial charge is 0.497 e. The molecule has 7 heteroatoms. The maximum absolute atomic E-state index is 13.0. The highest BCUT2D eigenvalue weighted by Gasteiger charge is 2.26. The Balaban J connectivity index is 2.03. The third kappa shape index (κ3) is 3.50. The summed E-state index contributed by atoms with van der Waals surface area (Å²) in [6, 6.07) is 9.77. The van der Waals surface area contributed by atoms with Gasteiger partial charge in [-0.2, -0.15) is 0 Å². The Labute approximate surface area is 152 Å². The molecule has 3 rings (SSSR count). The van der Waals surface area contributed by atoms with E-state index in [1.165, 1.54) is 18.2 Å². The first-order valence-corrected chi connectivity index (χ1v) is 10.1. The Morgan fingerprint density at radius 1 is 1.20 bits per heavy atom. The van der Waals surface area contributed by atoms with Crippen LogP contribution in [-0.2, 0) is 16.3 Å². The van der Waals surface area contributed by atoms with E-state index in [1.54, 1.807) is 18.1 Å². The molecular weight excluding hydrogens is 362 g/mol. The maximum atomic E-state index is 13.0. The van der Waals surface area contributed by atoms with Gasteiger partial charge in [-0.1, -0.05) is 11.6 Å². The number of anilines is 1. The van der Waals surface area contributed by atoms with Gasteiger partial charge in [-0.25, -0.2) is 8.42 Å². The lowest BCUT2D eigenvalue weighted by Crippen LogP contribution is -2.35. The number of aryl methyl sites for hydroxylation is 1. The molecule has 2 aromatic rings. The van der Waals surface area contributed by atoms with Crippen LogP contribution in [-0.4, -0.2) is 34.2 Å². The Morgan fingerprint density at radius 2 is 1.96 bits per heavy atom. The molecule has 132 valence electrons. The average molecular weight is 380 g/mol. The number of carbonyl (C=O) groups is 1. The highest BCUT2D eigenvalue weighted by Crippen LogP contribution is 2.33. The van der Waals surface area contributed by atoms with Crippen LogP contribution in [0, 0.1) is 0 Å². The minimum Gasteiger partial charge on any atom is -0.497 e. The molecule has 0 unspecified atom stereocenters. The van der Waals surface area contributed by atoms with Crippen molar-refractivity contribution < 1.29 is 17.9 Å². The molecule has 1 aliphatic rings. The predicted octanol–water partition coefficient (Wildman–Crippen LogP) is 3.35. The fourth-order valence-corrected chi connectivity index (χ4v) is 3.80. The topological polar surface area (TPSA) is 63.7 Å². The Hall–Kier alpha value is -2.05. The first-order valence-electron chi connectivity index (χ1n) is 7.79. The predicted molar refractivity (Wildman–Crippen MR) is 97.6 cm³/mol. The molecule has 1 amide bonds. The van der Waals surface area contributed by atoms with Gasteiger partial charge in [-0.3, -0.25) is 4.79 Å². The van der Waals surface area contributed by atoms with Crippen molar-refractivity contribution >= 4 is 33.0 Å². The Kier molecular flexibility index (Phi) is 4.75. The van der Waals surface area contributed by atoms with Crippen molar-refractivity contribution in [3.63, 3.8) is 0 Å². The molecule has 0 bridgehead atoms. The van der Waals surface area contributed by atoms with E-state index < -0.39 is 9.84 Å². The van der Waals surface area contributed by atoms with Gasteiger partial charge in [0.1, 0.15) is 5.75 Å². The summed E-state index contributed by atoms with van der Waals surface area (Å²) in [4.78, 5) is 14.8. The van der Waals surface area contributed by atoms with Crippen LogP contribution in [0.15, 0.2) is 41.3 Å². The summed E-state index contributed by atoms with van der Waals surface area (Å²) >= 11 is 6.17. The summed E-state index contributed by atoms with van der Waals surface area (Å²) in [7, 11) is -1.82. The minimum atomic E-state index is -3.42. The number of hydrogen-bond donors (Lipinski definition) is 0. The van der Waals surface area contributed by atoms with Crippen LogP contribution in [0.1, 0.15) is 22.3 Å². The monoisotopic (exact) mass is 379 g/mol. The van der Waals surface area contributed by atoms with Gasteiger partial charge in [0.2, 0.25) is 0 Å². The van der Waals surface area contributed by atoms with Crippen LogP contribution in [0.4, 0.5) is 5.69 Å². The van der Waals surface area contributed by atoms with E-state index in [9.17, 15) is 13.2 Å². The summed E-state index contributed by atoms with van der Waals surface area (Å²) in [5.41, 5.74) is 2.01. The molecule has 0 saturated carbocycles. The Bertz CT molecular complexity index is 940. The smallest absolute Gasteiger partial charge is 0.259 e. The Morgan fingerprint density at radius 3 is 2.64 bits per heavy atom. The van der Waals surface area contributed by atoms with Crippen LogP contribution in [0.5, 0.6) is 5.75 Å². The van der Waals surface area contributed by atoms with E-state index in [0.717, 1.165) is 36.1 Å². The fourth-order valence-electron chi connectivity index (χ4n) is 2.96. The summed E-state index contributed by atoms with van der Waals surface area (Å²) in [6.45, 7) is 0.553. The molecular formula is C18H18ClNO4S. The van der Waals surface area contributed by atoms with Crippen molar-refractivity contribution in [2.24, 2.45) is 0 Å². The third-order valence-corrected chi connectivity index (χ3v) is 5.69. The number of amides is 1. The number of carbonyl (C=O) groups excluding carboxylic acids is 1. The van der Waals surface area contributed by atoms with Crippen molar-refractivity contribution in [3.05, 3.63) is 52.5 Å². The number of fused-ring (bicyclic) bond motifs is 1. The first-order chi connectivity index (χ1) is 11.8. The van der Waals surface area contributed by atoms with E-state index in [1.807, 2.05) is 12.1 Å². The van der Waals surface area contributed by atoms with Crippen molar-refractivity contribution in [3.8, 4) is 5.75 Å². The van der Waals surface area contributed by atoms with Crippen LogP contribution in [0.2, 0.25) is 5.02 Å². The summed E-state index contributed by atoms with van der Waals surface area (Å²) in [5, 5.41) is 0.234. The number of methoxy groups -OCH3 is 1. The molecule has 0 aliphatic carbocycles. The number of hydrogen-bond acceptors (Lipinski definition) is 4. The van der Waals surface area contributed by atoms with Crippen LogP contribution >= 0.6 is 11.6 Å². The van der Waals surface area contributed by atoms with Crippen molar-refractivity contribution in [1.82, 2.24) is 0 Å². The normalized spacial score (nSPS) is 14.1. The number of nitrogens with zero attached hydrogens (tertiary/aromatic N) is 1. The zero-order valence-electron chi connectivity index (χ0n) is 14.0. The molecule has 5 nitrogen and oxygen atoms in total. The van der Waals surface area contributed by atoms with Gasteiger partial charge in [0.15, 0.2) is 9.84 Å². The zero-order chi connectivity index (χ0) is 18.2. The highest BCUT2D eigenvalue weighted by atomic mass is 35.5. The van der Waals surface area contributed by atoms with Crippen LogP contribution in [0.3, 0.4) is 0 Å².